The molecule has 0 bridgehead atoms. The zero-order valence-corrected chi connectivity index (χ0v) is 10.9. The van der Waals surface area contributed by atoms with Crippen LogP contribution in [0.5, 0.6) is 0 Å². The monoisotopic (exact) mass is 251 g/mol. The van der Waals surface area contributed by atoms with Crippen molar-refractivity contribution in [2.45, 2.75) is 13.0 Å². The van der Waals surface area contributed by atoms with E-state index in [4.69, 9.17) is 0 Å². The first-order valence-electron chi connectivity index (χ1n) is 6.34. The van der Waals surface area contributed by atoms with Crippen molar-refractivity contribution in [2.24, 2.45) is 0 Å². The Labute approximate surface area is 113 Å². The van der Waals surface area contributed by atoms with Gasteiger partial charge < -0.3 is 5.32 Å². The fraction of sp³-hybridized carbons (Fsp3) is 0.118. The minimum absolute atomic E-state index is 0.0831. The number of hydrogen-bond acceptors (Lipinski definition) is 1. The third-order valence-electron chi connectivity index (χ3n) is 2.87. The molecule has 2 heteroatoms. The number of nitrogens with one attached hydrogen (secondary N) is 1. The van der Waals surface area contributed by atoms with Crippen LogP contribution in [0.3, 0.4) is 0 Å². The Morgan fingerprint density at radius 3 is 1.84 bits per heavy atom. The first kappa shape index (κ1) is 13.1. The standard InChI is InChI=1S/C17H17NO/c1-2-9-16(19)18-17(14-10-5-3-6-11-14)15-12-7-4-8-13-15/h2-13,17H,1H3,(H,18,19)/b9-2+. The summed E-state index contributed by atoms with van der Waals surface area (Å²) in [5.41, 5.74) is 2.15. The van der Waals surface area contributed by atoms with E-state index in [0.717, 1.165) is 11.1 Å². The minimum Gasteiger partial charge on any atom is -0.342 e. The number of amides is 1. The van der Waals surface area contributed by atoms with E-state index in [1.165, 1.54) is 0 Å². The lowest BCUT2D eigenvalue weighted by atomic mass is 9.99. The van der Waals surface area contributed by atoms with Crippen LogP contribution >= 0.6 is 0 Å². The van der Waals surface area contributed by atoms with Crippen molar-refractivity contribution in [2.75, 3.05) is 0 Å². The fourth-order valence-electron chi connectivity index (χ4n) is 1.99. The van der Waals surface area contributed by atoms with E-state index in [-0.39, 0.29) is 11.9 Å². The van der Waals surface area contributed by atoms with E-state index >= 15 is 0 Å². The molecule has 2 rings (SSSR count). The van der Waals surface area contributed by atoms with Crippen molar-refractivity contribution < 1.29 is 4.79 Å². The summed E-state index contributed by atoms with van der Waals surface area (Å²) in [7, 11) is 0. The van der Waals surface area contributed by atoms with Gasteiger partial charge in [0.25, 0.3) is 0 Å². The van der Waals surface area contributed by atoms with Crippen LogP contribution in [0.4, 0.5) is 0 Å². The molecule has 0 aliphatic rings. The highest BCUT2D eigenvalue weighted by Crippen LogP contribution is 2.21. The molecule has 1 amide bonds. The smallest absolute Gasteiger partial charge is 0.244 e. The average Bonchev–Trinajstić information content (AvgIpc) is 2.47. The molecule has 0 radical (unpaired) electrons. The Kier molecular flexibility index (Phi) is 4.51. The van der Waals surface area contributed by atoms with Crippen LogP contribution in [0.25, 0.3) is 0 Å². The zero-order valence-electron chi connectivity index (χ0n) is 10.9. The summed E-state index contributed by atoms with van der Waals surface area (Å²) in [6.45, 7) is 1.83. The molecule has 0 aliphatic carbocycles. The van der Waals surface area contributed by atoms with Gasteiger partial charge in [0.15, 0.2) is 0 Å². The molecule has 2 aromatic carbocycles. The van der Waals surface area contributed by atoms with E-state index in [2.05, 4.69) is 5.32 Å². The molecule has 0 heterocycles. The predicted octanol–water partition coefficient (Wildman–Crippen LogP) is 3.47. The Hall–Kier alpha value is -2.35. The Morgan fingerprint density at radius 1 is 0.947 bits per heavy atom. The van der Waals surface area contributed by atoms with Gasteiger partial charge in [-0.05, 0) is 24.1 Å². The maximum absolute atomic E-state index is 11.8. The maximum atomic E-state index is 11.8. The van der Waals surface area contributed by atoms with Gasteiger partial charge in [-0.2, -0.15) is 0 Å². The van der Waals surface area contributed by atoms with Crippen molar-refractivity contribution in [1.29, 1.82) is 0 Å². The molecule has 0 fully saturated rings. The molecule has 0 aromatic heterocycles. The lowest BCUT2D eigenvalue weighted by Crippen LogP contribution is -2.27. The van der Waals surface area contributed by atoms with Gasteiger partial charge in [-0.15, -0.1) is 0 Å². The first-order chi connectivity index (χ1) is 9.31. The summed E-state index contributed by atoms with van der Waals surface area (Å²) >= 11 is 0. The van der Waals surface area contributed by atoms with E-state index in [1.807, 2.05) is 67.6 Å². The molecule has 2 aromatic rings. The third-order valence-corrected chi connectivity index (χ3v) is 2.87. The van der Waals surface area contributed by atoms with E-state index in [0.29, 0.717) is 0 Å². The lowest BCUT2D eigenvalue weighted by molar-refractivity contribution is -0.117. The summed E-state index contributed by atoms with van der Waals surface area (Å²) in [5, 5.41) is 3.02. The van der Waals surface area contributed by atoms with Gasteiger partial charge in [-0.25, -0.2) is 0 Å². The van der Waals surface area contributed by atoms with E-state index in [9.17, 15) is 4.79 Å². The molecule has 0 aliphatic heterocycles. The van der Waals surface area contributed by atoms with Crippen molar-refractivity contribution in [1.82, 2.24) is 5.32 Å². The van der Waals surface area contributed by atoms with Gasteiger partial charge in [0, 0.05) is 0 Å². The summed E-state index contributed by atoms with van der Waals surface area (Å²) in [5.74, 6) is -0.0831. The summed E-state index contributed by atoms with van der Waals surface area (Å²) in [6.07, 6.45) is 3.28. The second-order valence-corrected chi connectivity index (χ2v) is 4.26. The third kappa shape index (κ3) is 3.55. The van der Waals surface area contributed by atoms with Gasteiger partial charge in [0.2, 0.25) is 5.91 Å². The number of hydrogen-bond donors (Lipinski definition) is 1. The van der Waals surface area contributed by atoms with E-state index in [1.54, 1.807) is 12.2 Å². The Balaban J connectivity index is 2.32. The largest absolute Gasteiger partial charge is 0.342 e. The van der Waals surface area contributed by atoms with Gasteiger partial charge in [0.1, 0.15) is 0 Å². The molecular formula is C17H17NO. The normalized spacial score (nSPS) is 10.8. The molecule has 0 spiro atoms. The summed E-state index contributed by atoms with van der Waals surface area (Å²) in [6, 6.07) is 19.8. The van der Waals surface area contributed by atoms with Crippen LogP contribution in [-0.2, 0) is 4.79 Å². The summed E-state index contributed by atoms with van der Waals surface area (Å²) in [4.78, 5) is 11.8. The molecule has 19 heavy (non-hydrogen) atoms. The Bertz CT molecular complexity index is 506. The molecule has 0 atom stereocenters. The molecule has 96 valence electrons. The van der Waals surface area contributed by atoms with Crippen LogP contribution in [-0.4, -0.2) is 5.91 Å². The number of carbonyl (C=O) groups is 1. The number of carbonyl (C=O) groups excluding carboxylic acids is 1. The first-order valence-corrected chi connectivity index (χ1v) is 6.34. The number of benzene rings is 2. The topological polar surface area (TPSA) is 29.1 Å². The van der Waals surface area contributed by atoms with Gasteiger partial charge in [-0.3, -0.25) is 4.79 Å². The summed E-state index contributed by atoms with van der Waals surface area (Å²) < 4.78 is 0. The molecule has 0 unspecified atom stereocenters. The van der Waals surface area contributed by atoms with Crippen LogP contribution in [0.1, 0.15) is 24.1 Å². The van der Waals surface area contributed by atoms with E-state index < -0.39 is 0 Å². The molecule has 1 N–H and O–H groups in total. The molecule has 0 saturated heterocycles. The maximum Gasteiger partial charge on any atom is 0.244 e. The highest BCUT2D eigenvalue weighted by atomic mass is 16.1. The van der Waals surface area contributed by atoms with Crippen LogP contribution < -0.4 is 5.32 Å². The molecular weight excluding hydrogens is 234 g/mol. The number of allylic oxidation sites excluding steroid dienone is 1. The molecule has 0 saturated carbocycles. The second kappa shape index (κ2) is 6.55. The van der Waals surface area contributed by atoms with Crippen LogP contribution in [0.15, 0.2) is 72.8 Å². The lowest BCUT2D eigenvalue weighted by Gasteiger charge is -2.19. The van der Waals surface area contributed by atoms with Gasteiger partial charge in [0.05, 0.1) is 6.04 Å². The van der Waals surface area contributed by atoms with Crippen LogP contribution in [0.2, 0.25) is 0 Å². The zero-order chi connectivity index (χ0) is 13.5. The highest BCUT2D eigenvalue weighted by molar-refractivity contribution is 5.88. The van der Waals surface area contributed by atoms with Crippen molar-refractivity contribution in [3.8, 4) is 0 Å². The quantitative estimate of drug-likeness (QED) is 0.828. The van der Waals surface area contributed by atoms with Crippen molar-refractivity contribution in [3.05, 3.63) is 83.9 Å². The minimum atomic E-state index is -0.119. The van der Waals surface area contributed by atoms with Crippen molar-refractivity contribution >= 4 is 5.91 Å². The predicted molar refractivity (Wildman–Crippen MR) is 77.7 cm³/mol. The SMILES string of the molecule is C/C=C/C(=O)NC(c1ccccc1)c1ccccc1. The highest BCUT2D eigenvalue weighted by Gasteiger charge is 2.14. The second-order valence-electron chi connectivity index (χ2n) is 4.26. The average molecular weight is 251 g/mol. The molecule has 2 nitrogen and oxygen atoms in total. The van der Waals surface area contributed by atoms with Gasteiger partial charge >= 0.3 is 0 Å². The van der Waals surface area contributed by atoms with Gasteiger partial charge in [-0.1, -0.05) is 66.7 Å². The van der Waals surface area contributed by atoms with Crippen molar-refractivity contribution in [3.63, 3.8) is 0 Å². The van der Waals surface area contributed by atoms with Crippen LogP contribution in [0, 0.1) is 0 Å². The fourth-order valence-corrected chi connectivity index (χ4v) is 1.99. The Morgan fingerprint density at radius 2 is 1.42 bits per heavy atom. The number of rotatable bonds is 4.